The van der Waals surface area contributed by atoms with E-state index in [9.17, 15) is 4.39 Å². The van der Waals surface area contributed by atoms with Crippen LogP contribution in [-0.2, 0) is 6.54 Å². The third-order valence-electron chi connectivity index (χ3n) is 2.40. The number of hydrogen-bond donors (Lipinski definition) is 1. The first-order valence-electron chi connectivity index (χ1n) is 5.55. The third-order valence-corrected chi connectivity index (χ3v) is 2.64. The molecule has 2 nitrogen and oxygen atoms in total. The van der Waals surface area contributed by atoms with Gasteiger partial charge in [0.15, 0.2) is 11.6 Å². The Labute approximate surface area is 110 Å². The van der Waals surface area contributed by atoms with Crippen molar-refractivity contribution in [2.24, 2.45) is 0 Å². The van der Waals surface area contributed by atoms with Crippen LogP contribution in [0.2, 0.25) is 5.02 Å². The number of hydrogen-bond acceptors (Lipinski definition) is 2. The Kier molecular flexibility index (Phi) is 4.18. The number of ether oxygens (including phenoxy) is 1. The molecular weight excluding hydrogens is 253 g/mol. The van der Waals surface area contributed by atoms with Crippen LogP contribution >= 0.6 is 11.6 Å². The Morgan fingerprint density at radius 3 is 2.72 bits per heavy atom. The summed E-state index contributed by atoms with van der Waals surface area (Å²) in [4.78, 5) is 0. The van der Waals surface area contributed by atoms with Crippen LogP contribution in [0.1, 0.15) is 5.56 Å². The predicted octanol–water partition coefficient (Wildman–Crippen LogP) is 3.99. The first-order valence-corrected chi connectivity index (χ1v) is 5.93. The highest BCUT2D eigenvalue weighted by molar-refractivity contribution is 6.30. The summed E-state index contributed by atoms with van der Waals surface area (Å²) in [5, 5.41) is 3.52. The molecule has 2 aromatic rings. The molecule has 0 aromatic heterocycles. The minimum Gasteiger partial charge on any atom is -0.454 e. The van der Waals surface area contributed by atoms with Crippen molar-refractivity contribution in [3.05, 3.63) is 58.9 Å². The molecule has 0 saturated heterocycles. The van der Waals surface area contributed by atoms with Crippen LogP contribution in [0, 0.1) is 5.82 Å². The summed E-state index contributed by atoms with van der Waals surface area (Å²) in [5.41, 5.74) is 0.869. The van der Waals surface area contributed by atoms with Crippen LogP contribution in [0.3, 0.4) is 0 Å². The van der Waals surface area contributed by atoms with Crippen molar-refractivity contribution in [3.8, 4) is 11.5 Å². The van der Waals surface area contributed by atoms with E-state index in [2.05, 4.69) is 5.32 Å². The number of nitrogens with one attached hydrogen (secondary N) is 1. The standard InChI is InChI=1S/C14H13ClFNO/c1-17-9-10-5-6-14(13(16)7-10)18-12-4-2-3-11(15)8-12/h2-8,17H,9H2,1H3. The summed E-state index contributed by atoms with van der Waals surface area (Å²) in [5.74, 6) is 0.322. The molecule has 18 heavy (non-hydrogen) atoms. The van der Waals surface area contributed by atoms with Crippen LogP contribution in [0.4, 0.5) is 4.39 Å². The average molecular weight is 266 g/mol. The lowest BCUT2D eigenvalue weighted by molar-refractivity contribution is 0.441. The maximum absolute atomic E-state index is 13.8. The Balaban J connectivity index is 2.19. The van der Waals surface area contributed by atoms with E-state index in [0.717, 1.165) is 5.56 Å². The van der Waals surface area contributed by atoms with E-state index < -0.39 is 0 Å². The van der Waals surface area contributed by atoms with Gasteiger partial charge in [0, 0.05) is 11.6 Å². The van der Waals surface area contributed by atoms with Gasteiger partial charge in [-0.3, -0.25) is 0 Å². The highest BCUT2D eigenvalue weighted by Crippen LogP contribution is 2.26. The van der Waals surface area contributed by atoms with Crippen LogP contribution in [0.15, 0.2) is 42.5 Å². The molecule has 0 saturated carbocycles. The maximum atomic E-state index is 13.8. The van der Waals surface area contributed by atoms with E-state index in [-0.39, 0.29) is 11.6 Å². The fraction of sp³-hybridized carbons (Fsp3) is 0.143. The maximum Gasteiger partial charge on any atom is 0.166 e. The molecule has 4 heteroatoms. The summed E-state index contributed by atoms with van der Waals surface area (Å²) in [6.45, 7) is 0.619. The minimum atomic E-state index is -0.386. The van der Waals surface area contributed by atoms with E-state index in [1.54, 1.807) is 30.3 Å². The molecule has 0 heterocycles. The largest absolute Gasteiger partial charge is 0.454 e. The summed E-state index contributed by atoms with van der Waals surface area (Å²) in [6, 6.07) is 11.7. The molecule has 0 fully saturated rings. The molecule has 1 N–H and O–H groups in total. The first kappa shape index (κ1) is 12.9. The Bertz CT molecular complexity index is 545. The zero-order valence-corrected chi connectivity index (χ0v) is 10.7. The molecule has 0 aliphatic rings. The number of rotatable bonds is 4. The molecule has 0 aliphatic heterocycles. The summed E-state index contributed by atoms with van der Waals surface area (Å²) in [6.07, 6.45) is 0. The molecule has 0 unspecified atom stereocenters. The van der Waals surface area contributed by atoms with Crippen LogP contribution in [0.5, 0.6) is 11.5 Å². The van der Waals surface area contributed by atoms with E-state index in [0.29, 0.717) is 17.3 Å². The molecule has 0 aliphatic carbocycles. The van der Waals surface area contributed by atoms with Crippen molar-refractivity contribution in [3.63, 3.8) is 0 Å². The molecular formula is C14H13ClFNO. The molecule has 0 amide bonds. The predicted molar refractivity (Wildman–Crippen MR) is 70.7 cm³/mol. The van der Waals surface area contributed by atoms with Crippen molar-refractivity contribution >= 4 is 11.6 Å². The SMILES string of the molecule is CNCc1ccc(Oc2cccc(Cl)c2)c(F)c1. The van der Waals surface area contributed by atoms with Gasteiger partial charge in [0.05, 0.1) is 0 Å². The van der Waals surface area contributed by atoms with Crippen LogP contribution in [-0.4, -0.2) is 7.05 Å². The van der Waals surface area contributed by atoms with Gasteiger partial charge in [0.1, 0.15) is 5.75 Å². The smallest absolute Gasteiger partial charge is 0.166 e. The molecule has 94 valence electrons. The van der Waals surface area contributed by atoms with Gasteiger partial charge in [0.2, 0.25) is 0 Å². The van der Waals surface area contributed by atoms with Crippen LogP contribution < -0.4 is 10.1 Å². The first-order chi connectivity index (χ1) is 8.69. The summed E-state index contributed by atoms with van der Waals surface area (Å²) < 4.78 is 19.2. The lowest BCUT2D eigenvalue weighted by Gasteiger charge is -2.08. The van der Waals surface area contributed by atoms with E-state index >= 15 is 0 Å². The van der Waals surface area contributed by atoms with Gasteiger partial charge in [-0.15, -0.1) is 0 Å². The quantitative estimate of drug-likeness (QED) is 0.902. The van der Waals surface area contributed by atoms with Crippen LogP contribution in [0.25, 0.3) is 0 Å². The average Bonchev–Trinajstić information content (AvgIpc) is 2.33. The second-order valence-corrected chi connectivity index (χ2v) is 4.29. The van der Waals surface area contributed by atoms with Crippen molar-refractivity contribution in [2.75, 3.05) is 7.05 Å². The second-order valence-electron chi connectivity index (χ2n) is 3.85. The lowest BCUT2D eigenvalue weighted by Crippen LogP contribution is -2.05. The Hall–Kier alpha value is -1.58. The van der Waals surface area contributed by atoms with Gasteiger partial charge in [-0.25, -0.2) is 4.39 Å². The molecule has 0 spiro atoms. The van der Waals surface area contributed by atoms with E-state index in [1.165, 1.54) is 6.07 Å². The van der Waals surface area contributed by atoms with E-state index in [1.807, 2.05) is 13.1 Å². The van der Waals surface area contributed by atoms with Gasteiger partial charge < -0.3 is 10.1 Å². The number of halogens is 2. The van der Waals surface area contributed by atoms with E-state index in [4.69, 9.17) is 16.3 Å². The molecule has 2 rings (SSSR count). The highest BCUT2D eigenvalue weighted by Gasteiger charge is 2.06. The van der Waals surface area contributed by atoms with Crippen molar-refractivity contribution < 1.29 is 9.13 Å². The normalized spacial score (nSPS) is 10.4. The van der Waals surface area contributed by atoms with Gasteiger partial charge in [-0.05, 0) is 42.9 Å². The summed E-state index contributed by atoms with van der Waals surface area (Å²) in [7, 11) is 1.81. The minimum absolute atomic E-state index is 0.192. The van der Waals surface area contributed by atoms with Crippen molar-refractivity contribution in [2.45, 2.75) is 6.54 Å². The van der Waals surface area contributed by atoms with Gasteiger partial charge in [-0.1, -0.05) is 23.7 Å². The second kappa shape index (κ2) is 5.85. The van der Waals surface area contributed by atoms with Crippen molar-refractivity contribution in [1.29, 1.82) is 0 Å². The molecule has 0 atom stereocenters. The lowest BCUT2D eigenvalue weighted by atomic mass is 10.2. The summed E-state index contributed by atoms with van der Waals surface area (Å²) >= 11 is 5.84. The van der Waals surface area contributed by atoms with Gasteiger partial charge in [0.25, 0.3) is 0 Å². The fourth-order valence-electron chi connectivity index (χ4n) is 1.60. The Morgan fingerprint density at radius 1 is 1.22 bits per heavy atom. The van der Waals surface area contributed by atoms with Crippen molar-refractivity contribution in [1.82, 2.24) is 5.32 Å². The van der Waals surface area contributed by atoms with Gasteiger partial charge >= 0.3 is 0 Å². The topological polar surface area (TPSA) is 21.3 Å². The fourth-order valence-corrected chi connectivity index (χ4v) is 1.78. The molecule has 2 aromatic carbocycles. The highest BCUT2D eigenvalue weighted by atomic mass is 35.5. The molecule has 0 radical (unpaired) electrons. The third kappa shape index (κ3) is 3.22. The van der Waals surface area contributed by atoms with Gasteiger partial charge in [-0.2, -0.15) is 0 Å². The monoisotopic (exact) mass is 265 g/mol. The number of benzene rings is 2. The zero-order valence-electron chi connectivity index (χ0n) is 9.91. The Morgan fingerprint density at radius 2 is 2.06 bits per heavy atom. The zero-order chi connectivity index (χ0) is 13.0. The molecule has 0 bridgehead atoms.